The van der Waals surface area contributed by atoms with Gasteiger partial charge in [-0.05, 0) is 55.5 Å². The Hall–Kier alpha value is -2.65. The number of likely N-dealkylation sites (N-methyl/N-ethyl adjacent to an activating group) is 1. The van der Waals surface area contributed by atoms with Crippen LogP contribution in [-0.2, 0) is 0 Å². The predicted octanol–water partition coefficient (Wildman–Crippen LogP) is 2.24. The van der Waals surface area contributed by atoms with Gasteiger partial charge in [0.1, 0.15) is 5.82 Å². The molecule has 1 aliphatic heterocycles. The first-order chi connectivity index (χ1) is 14.0. The van der Waals surface area contributed by atoms with Gasteiger partial charge in [0.05, 0.1) is 5.52 Å². The van der Waals surface area contributed by atoms with Crippen molar-refractivity contribution in [1.29, 1.82) is 0 Å². The van der Waals surface area contributed by atoms with E-state index in [1.54, 1.807) is 0 Å². The molecule has 0 bridgehead atoms. The number of hydrogen-bond acceptors (Lipinski definition) is 5. The molecule has 29 heavy (non-hydrogen) atoms. The molecule has 1 aromatic carbocycles. The van der Waals surface area contributed by atoms with Crippen molar-refractivity contribution in [1.82, 2.24) is 20.5 Å². The molecule has 3 rings (SSSR count). The lowest BCUT2D eigenvalue weighted by Crippen LogP contribution is -2.46. The molecule has 8 nitrogen and oxygen atoms in total. The number of anilines is 2. The molecule has 1 saturated heterocycles. The topological polar surface area (TPSA) is 92.8 Å². The van der Waals surface area contributed by atoms with Crippen LogP contribution in [0.1, 0.15) is 12.5 Å². The molecule has 0 saturated carbocycles. The first kappa shape index (κ1) is 21.1. The van der Waals surface area contributed by atoms with Gasteiger partial charge < -0.3 is 30.9 Å². The van der Waals surface area contributed by atoms with Crippen LogP contribution in [0, 0.1) is 6.92 Å². The van der Waals surface area contributed by atoms with E-state index in [4.69, 9.17) is 22.3 Å². The largest absolute Gasteiger partial charge is 0.465 e. The highest BCUT2D eigenvalue weighted by Crippen LogP contribution is 2.26. The van der Waals surface area contributed by atoms with Crippen molar-refractivity contribution in [2.75, 3.05) is 56.0 Å². The van der Waals surface area contributed by atoms with Crippen LogP contribution in [0.4, 0.5) is 16.3 Å². The average Bonchev–Trinajstić information content (AvgIpc) is 2.71. The van der Waals surface area contributed by atoms with Gasteiger partial charge in [-0.1, -0.05) is 6.92 Å². The van der Waals surface area contributed by atoms with E-state index < -0.39 is 6.09 Å². The van der Waals surface area contributed by atoms with Crippen LogP contribution in [0.15, 0.2) is 24.3 Å². The zero-order valence-electron chi connectivity index (χ0n) is 16.9. The van der Waals surface area contributed by atoms with Crippen LogP contribution < -0.4 is 20.9 Å². The lowest BCUT2D eigenvalue weighted by Gasteiger charge is -2.35. The Labute approximate surface area is 176 Å². The molecule has 0 atom stereocenters. The summed E-state index contributed by atoms with van der Waals surface area (Å²) in [5.41, 5.74) is 3.01. The normalized spacial score (nSPS) is 14.6. The number of fused-ring (bicyclic) bond motifs is 1. The number of hydrogen-bond donors (Lipinski definition) is 4. The van der Waals surface area contributed by atoms with Crippen molar-refractivity contribution in [3.8, 4) is 0 Å². The van der Waals surface area contributed by atoms with E-state index in [-0.39, 0.29) is 6.54 Å². The van der Waals surface area contributed by atoms with Crippen molar-refractivity contribution < 1.29 is 9.90 Å². The van der Waals surface area contributed by atoms with Gasteiger partial charge >= 0.3 is 6.09 Å². The Balaban J connectivity index is 1.65. The molecule has 2 heterocycles. The fraction of sp³-hybridized carbons (Fsp3) is 0.450. The molecular formula is C20H28N6O2S. The lowest BCUT2D eigenvalue weighted by molar-refractivity contribution is 0.194. The zero-order chi connectivity index (χ0) is 20.8. The molecule has 1 aromatic heterocycles. The van der Waals surface area contributed by atoms with Gasteiger partial charge in [0.25, 0.3) is 0 Å². The van der Waals surface area contributed by atoms with Crippen molar-refractivity contribution in [3.05, 3.63) is 29.8 Å². The first-order valence-electron chi connectivity index (χ1n) is 9.86. The van der Waals surface area contributed by atoms with Crippen LogP contribution in [0.25, 0.3) is 10.9 Å². The number of aromatic nitrogens is 1. The van der Waals surface area contributed by atoms with E-state index >= 15 is 0 Å². The number of piperazine rings is 1. The fourth-order valence-electron chi connectivity index (χ4n) is 3.43. The van der Waals surface area contributed by atoms with Gasteiger partial charge in [-0.3, -0.25) is 0 Å². The predicted molar refractivity (Wildman–Crippen MR) is 121 cm³/mol. The molecule has 156 valence electrons. The zero-order valence-corrected chi connectivity index (χ0v) is 17.7. The van der Waals surface area contributed by atoms with Crippen LogP contribution in [0.2, 0.25) is 0 Å². The minimum Gasteiger partial charge on any atom is -0.465 e. The summed E-state index contributed by atoms with van der Waals surface area (Å²) < 4.78 is 0. The van der Waals surface area contributed by atoms with Crippen molar-refractivity contribution in [2.24, 2.45) is 0 Å². The van der Waals surface area contributed by atoms with Gasteiger partial charge in [0.15, 0.2) is 5.11 Å². The quantitative estimate of drug-likeness (QED) is 0.421. The molecule has 1 aliphatic rings. The van der Waals surface area contributed by atoms with Gasteiger partial charge in [0.2, 0.25) is 0 Å². The molecule has 0 unspecified atom stereocenters. The number of benzene rings is 1. The van der Waals surface area contributed by atoms with Crippen LogP contribution in [0.3, 0.4) is 0 Å². The smallest absolute Gasteiger partial charge is 0.404 e. The van der Waals surface area contributed by atoms with Crippen LogP contribution in [0.5, 0.6) is 0 Å². The van der Waals surface area contributed by atoms with E-state index in [1.807, 2.05) is 18.2 Å². The van der Waals surface area contributed by atoms with Crippen LogP contribution >= 0.6 is 12.2 Å². The summed E-state index contributed by atoms with van der Waals surface area (Å²) in [4.78, 5) is 20.1. The molecular weight excluding hydrogens is 388 g/mol. The molecule has 1 amide bonds. The summed E-state index contributed by atoms with van der Waals surface area (Å²) >= 11 is 5.27. The maximum atomic E-state index is 10.4. The highest BCUT2D eigenvalue weighted by molar-refractivity contribution is 7.80. The average molecular weight is 417 g/mol. The Morgan fingerprint density at radius 1 is 1.17 bits per heavy atom. The molecule has 4 N–H and O–H groups in total. The van der Waals surface area contributed by atoms with Crippen molar-refractivity contribution >= 4 is 45.8 Å². The summed E-state index contributed by atoms with van der Waals surface area (Å²) in [6, 6.07) is 8.16. The van der Waals surface area contributed by atoms with E-state index in [9.17, 15) is 4.79 Å². The summed E-state index contributed by atoms with van der Waals surface area (Å²) in [6.07, 6.45) is -1.05. The molecule has 0 radical (unpaired) electrons. The van der Waals surface area contributed by atoms with Crippen LogP contribution in [-0.4, -0.2) is 72.0 Å². The fourth-order valence-corrected chi connectivity index (χ4v) is 3.65. The standard InChI is InChI=1S/C20H28N6O2S/c1-3-25-8-10-26(11-9-25)18-12-14(2)16-13-15(4-5-17(16)24-18)23-19(29)21-6-7-22-20(27)28/h4-5,12-13,22H,3,6-11H2,1-2H3,(H,27,28)(H2,21,23,29). The Morgan fingerprint density at radius 3 is 2.59 bits per heavy atom. The molecule has 9 heteroatoms. The summed E-state index contributed by atoms with van der Waals surface area (Å²) in [6.45, 7) is 10.3. The van der Waals surface area contributed by atoms with Gasteiger partial charge in [-0.15, -0.1) is 0 Å². The second-order valence-corrected chi connectivity index (χ2v) is 7.47. The SMILES string of the molecule is CCN1CCN(c2cc(C)c3cc(NC(=S)NCCNC(=O)O)ccc3n2)CC1. The number of carboxylic acid groups (broad SMARTS) is 1. The first-order valence-corrected chi connectivity index (χ1v) is 10.3. The van der Waals surface area contributed by atoms with E-state index in [1.165, 1.54) is 5.56 Å². The number of nitrogens with one attached hydrogen (secondary N) is 3. The maximum absolute atomic E-state index is 10.4. The van der Waals surface area contributed by atoms with E-state index in [2.05, 4.69) is 45.7 Å². The highest BCUT2D eigenvalue weighted by atomic mass is 32.1. The molecule has 0 aliphatic carbocycles. The third kappa shape index (κ3) is 5.68. The lowest BCUT2D eigenvalue weighted by atomic mass is 10.1. The number of aryl methyl sites for hydroxylation is 1. The monoisotopic (exact) mass is 416 g/mol. The minimum absolute atomic E-state index is 0.285. The Bertz CT molecular complexity index is 883. The third-order valence-corrected chi connectivity index (χ3v) is 5.34. The number of thiocarbonyl (C=S) groups is 1. The Kier molecular flexibility index (Phi) is 7.05. The molecule has 2 aromatic rings. The van der Waals surface area contributed by atoms with Gasteiger partial charge in [-0.2, -0.15) is 0 Å². The number of pyridine rings is 1. The van der Waals surface area contributed by atoms with Gasteiger partial charge in [0, 0.05) is 50.3 Å². The summed E-state index contributed by atoms with van der Waals surface area (Å²) in [5, 5.41) is 18.5. The summed E-state index contributed by atoms with van der Waals surface area (Å²) in [5.74, 6) is 1.04. The Morgan fingerprint density at radius 2 is 1.90 bits per heavy atom. The second kappa shape index (κ2) is 9.71. The summed E-state index contributed by atoms with van der Waals surface area (Å²) in [7, 11) is 0. The van der Waals surface area contributed by atoms with Crippen molar-refractivity contribution in [2.45, 2.75) is 13.8 Å². The molecule has 1 fully saturated rings. The van der Waals surface area contributed by atoms with E-state index in [0.29, 0.717) is 11.7 Å². The number of rotatable bonds is 6. The molecule has 0 spiro atoms. The maximum Gasteiger partial charge on any atom is 0.404 e. The number of carbonyl (C=O) groups is 1. The number of nitrogens with zero attached hydrogens (tertiary/aromatic N) is 3. The van der Waals surface area contributed by atoms with E-state index in [0.717, 1.165) is 55.1 Å². The minimum atomic E-state index is -1.05. The van der Waals surface area contributed by atoms with Crippen molar-refractivity contribution in [3.63, 3.8) is 0 Å². The third-order valence-electron chi connectivity index (χ3n) is 5.09. The van der Waals surface area contributed by atoms with Gasteiger partial charge in [-0.25, -0.2) is 9.78 Å². The second-order valence-electron chi connectivity index (χ2n) is 7.06. The number of amides is 1. The highest BCUT2D eigenvalue weighted by Gasteiger charge is 2.17.